The molecule has 2 rings (SSSR count). The van der Waals surface area contributed by atoms with Crippen molar-refractivity contribution in [3.8, 4) is 6.07 Å². The number of amides is 2. The van der Waals surface area contributed by atoms with E-state index in [4.69, 9.17) is 10.7 Å². The monoisotopic (exact) mass is 242 g/mol. The third-order valence-corrected chi connectivity index (χ3v) is 2.92. The lowest BCUT2D eigenvalue weighted by atomic mass is 10.0. The number of nitrogens with one attached hydrogen (secondary N) is 2. The second-order valence-corrected chi connectivity index (χ2v) is 4.48. The van der Waals surface area contributed by atoms with Crippen LogP contribution in [0.5, 0.6) is 0 Å². The summed E-state index contributed by atoms with van der Waals surface area (Å²) in [6.07, 6.45) is 0. The van der Waals surface area contributed by atoms with Crippen LogP contribution in [0.2, 0.25) is 0 Å². The molecule has 1 saturated heterocycles. The van der Waals surface area contributed by atoms with E-state index in [2.05, 4.69) is 11.4 Å². The van der Waals surface area contributed by atoms with Gasteiger partial charge in [-0.05, 0) is 31.5 Å². The smallest absolute Gasteiger partial charge is 0.308 e. The van der Waals surface area contributed by atoms with Crippen molar-refractivity contribution >= 4 is 11.9 Å². The van der Waals surface area contributed by atoms with Gasteiger partial charge in [0.25, 0.3) is 0 Å². The summed E-state index contributed by atoms with van der Waals surface area (Å²) < 4.78 is 0. The lowest BCUT2D eigenvalue weighted by Gasteiger charge is -2.26. The third kappa shape index (κ3) is 1.93. The van der Waals surface area contributed by atoms with Gasteiger partial charge in [0.1, 0.15) is 11.9 Å². The van der Waals surface area contributed by atoms with Crippen LogP contribution in [0.1, 0.15) is 31.0 Å². The van der Waals surface area contributed by atoms with Gasteiger partial charge in [-0.25, -0.2) is 4.79 Å². The maximum Gasteiger partial charge on any atom is 0.323 e. The summed E-state index contributed by atoms with van der Waals surface area (Å²) in [6.45, 7) is 3.80. The summed E-state index contributed by atoms with van der Waals surface area (Å²) in [7, 11) is 0. The number of hydrogen-bond acceptors (Lipinski definition) is 3. The maximum absolute atomic E-state index is 11.8. The molecule has 1 aliphatic heterocycles. The van der Waals surface area contributed by atoms with E-state index in [-0.39, 0.29) is 17.9 Å². The van der Waals surface area contributed by atoms with Gasteiger partial charge >= 0.3 is 6.03 Å². The van der Waals surface area contributed by atoms with Crippen molar-refractivity contribution in [3.05, 3.63) is 35.4 Å². The average molecular weight is 242 g/mol. The summed E-state index contributed by atoms with van der Waals surface area (Å²) in [5.41, 5.74) is 1.31. The number of hydrogen-bond donors (Lipinski definition) is 2. The van der Waals surface area contributed by atoms with Crippen molar-refractivity contribution < 1.29 is 4.79 Å². The van der Waals surface area contributed by atoms with Crippen LogP contribution in [0.15, 0.2) is 24.3 Å². The van der Waals surface area contributed by atoms with Crippen LogP contribution in [0.25, 0.3) is 0 Å². The number of carbonyl (C=O) groups is 1. The van der Waals surface area contributed by atoms with Crippen LogP contribution in [-0.4, -0.2) is 22.8 Å². The SMILES string of the molecule is CC(C)N1C(=O)NC(=N)C1c1cccc(C#N)c1. The molecule has 0 aliphatic carbocycles. The molecule has 1 aromatic carbocycles. The topological polar surface area (TPSA) is 80.0 Å². The molecule has 2 N–H and O–H groups in total. The molecule has 5 heteroatoms. The molecule has 1 atom stereocenters. The van der Waals surface area contributed by atoms with Crippen LogP contribution in [0.3, 0.4) is 0 Å². The molecule has 1 heterocycles. The molecule has 0 spiro atoms. The number of amidine groups is 1. The highest BCUT2D eigenvalue weighted by Crippen LogP contribution is 2.28. The summed E-state index contributed by atoms with van der Waals surface area (Å²) in [6, 6.07) is 8.39. The van der Waals surface area contributed by atoms with Crippen LogP contribution in [0.4, 0.5) is 4.79 Å². The molecule has 1 unspecified atom stereocenters. The van der Waals surface area contributed by atoms with Crippen LogP contribution in [0, 0.1) is 16.7 Å². The molecule has 1 aromatic rings. The highest BCUT2D eigenvalue weighted by Gasteiger charge is 2.38. The van der Waals surface area contributed by atoms with Gasteiger partial charge < -0.3 is 4.90 Å². The van der Waals surface area contributed by atoms with Crippen molar-refractivity contribution in [2.75, 3.05) is 0 Å². The van der Waals surface area contributed by atoms with E-state index in [9.17, 15) is 4.79 Å². The maximum atomic E-state index is 11.8. The molecule has 0 bridgehead atoms. The standard InChI is InChI=1S/C13H14N4O/c1-8(2)17-11(12(15)16-13(17)18)10-5-3-4-9(6-10)7-14/h3-6,8,11H,1-2H3,(H2,15,16,18). The molecule has 92 valence electrons. The first-order valence-corrected chi connectivity index (χ1v) is 5.72. The zero-order chi connectivity index (χ0) is 13.3. The molecule has 0 radical (unpaired) electrons. The Balaban J connectivity index is 2.44. The largest absolute Gasteiger partial charge is 0.323 e. The molecule has 1 aliphatic rings. The van der Waals surface area contributed by atoms with Gasteiger partial charge in [0.15, 0.2) is 0 Å². The molecule has 2 amide bonds. The first-order chi connectivity index (χ1) is 8.54. The zero-order valence-corrected chi connectivity index (χ0v) is 10.3. The zero-order valence-electron chi connectivity index (χ0n) is 10.3. The Morgan fingerprint density at radius 3 is 2.83 bits per heavy atom. The summed E-state index contributed by atoms with van der Waals surface area (Å²) in [4.78, 5) is 13.4. The lowest BCUT2D eigenvalue weighted by Crippen LogP contribution is -2.35. The van der Waals surface area contributed by atoms with Crippen molar-refractivity contribution in [1.29, 1.82) is 10.7 Å². The molecular weight excluding hydrogens is 228 g/mol. The average Bonchev–Trinajstić information content (AvgIpc) is 2.64. The minimum Gasteiger partial charge on any atom is -0.308 e. The normalized spacial score (nSPS) is 19.0. The number of carbonyl (C=O) groups excluding carboxylic acids is 1. The van der Waals surface area contributed by atoms with Gasteiger partial charge in [-0.2, -0.15) is 5.26 Å². The van der Waals surface area contributed by atoms with Crippen molar-refractivity contribution in [1.82, 2.24) is 10.2 Å². The van der Waals surface area contributed by atoms with E-state index in [0.29, 0.717) is 5.56 Å². The van der Waals surface area contributed by atoms with Gasteiger partial charge in [0.05, 0.1) is 11.6 Å². The fourth-order valence-corrected chi connectivity index (χ4v) is 2.14. The molecule has 0 saturated carbocycles. The van der Waals surface area contributed by atoms with E-state index in [1.165, 1.54) is 0 Å². The van der Waals surface area contributed by atoms with E-state index in [0.717, 1.165) is 5.56 Å². The number of nitrogens with zero attached hydrogens (tertiary/aromatic N) is 2. The first kappa shape index (κ1) is 12.1. The fourth-order valence-electron chi connectivity index (χ4n) is 2.14. The Hall–Kier alpha value is -2.35. The van der Waals surface area contributed by atoms with Crippen LogP contribution < -0.4 is 5.32 Å². The second kappa shape index (κ2) is 4.49. The van der Waals surface area contributed by atoms with E-state index >= 15 is 0 Å². The Kier molecular flexibility index (Phi) is 3.02. The predicted molar refractivity (Wildman–Crippen MR) is 67.1 cm³/mol. The van der Waals surface area contributed by atoms with Gasteiger partial charge in [0.2, 0.25) is 0 Å². The predicted octanol–water partition coefficient (Wildman–Crippen LogP) is 2.01. The molecule has 5 nitrogen and oxygen atoms in total. The molecular formula is C13H14N4O. The summed E-state index contributed by atoms with van der Waals surface area (Å²) in [5.74, 6) is 0.156. The first-order valence-electron chi connectivity index (χ1n) is 5.72. The molecule has 0 aromatic heterocycles. The van der Waals surface area contributed by atoms with Crippen LogP contribution >= 0.6 is 0 Å². The van der Waals surface area contributed by atoms with E-state index < -0.39 is 6.04 Å². The number of urea groups is 1. The third-order valence-electron chi connectivity index (χ3n) is 2.92. The number of benzene rings is 1. The number of nitriles is 1. The summed E-state index contributed by atoms with van der Waals surface area (Å²) in [5, 5.41) is 19.3. The van der Waals surface area contributed by atoms with Gasteiger partial charge in [-0.1, -0.05) is 12.1 Å². The van der Waals surface area contributed by atoms with Gasteiger partial charge in [-0.15, -0.1) is 0 Å². The molecule has 18 heavy (non-hydrogen) atoms. The fraction of sp³-hybridized carbons (Fsp3) is 0.308. The minimum atomic E-state index is -0.425. The van der Waals surface area contributed by atoms with E-state index in [1.807, 2.05) is 19.9 Å². The highest BCUT2D eigenvalue weighted by molar-refractivity contribution is 6.06. The number of rotatable bonds is 2. The van der Waals surface area contributed by atoms with Crippen molar-refractivity contribution in [2.24, 2.45) is 0 Å². The second-order valence-electron chi connectivity index (χ2n) is 4.48. The van der Waals surface area contributed by atoms with Crippen molar-refractivity contribution in [3.63, 3.8) is 0 Å². The Morgan fingerprint density at radius 1 is 1.50 bits per heavy atom. The van der Waals surface area contributed by atoms with Gasteiger partial charge in [0, 0.05) is 6.04 Å². The molecule has 1 fully saturated rings. The Bertz CT molecular complexity index is 544. The lowest BCUT2D eigenvalue weighted by molar-refractivity contribution is 0.190. The van der Waals surface area contributed by atoms with Crippen molar-refractivity contribution in [2.45, 2.75) is 25.9 Å². The quantitative estimate of drug-likeness (QED) is 0.831. The Labute approximate surface area is 106 Å². The summed E-state index contributed by atoms with van der Waals surface area (Å²) >= 11 is 0. The van der Waals surface area contributed by atoms with Crippen LogP contribution in [-0.2, 0) is 0 Å². The van der Waals surface area contributed by atoms with E-state index in [1.54, 1.807) is 23.1 Å². The highest BCUT2D eigenvalue weighted by atomic mass is 16.2. The minimum absolute atomic E-state index is 0.0106. The van der Waals surface area contributed by atoms with Gasteiger partial charge in [-0.3, -0.25) is 10.7 Å². The Morgan fingerprint density at radius 2 is 2.22 bits per heavy atom.